The molecule has 1 aromatic carbocycles. The van der Waals surface area contributed by atoms with Crippen molar-refractivity contribution in [3.05, 3.63) is 65.0 Å². The van der Waals surface area contributed by atoms with Crippen LogP contribution in [0.5, 0.6) is 0 Å². The summed E-state index contributed by atoms with van der Waals surface area (Å²) in [5, 5.41) is 2.54. The van der Waals surface area contributed by atoms with E-state index in [1.54, 1.807) is 25.1 Å². The Morgan fingerprint density at radius 1 is 1.26 bits per heavy atom. The molecule has 0 bridgehead atoms. The van der Waals surface area contributed by atoms with Gasteiger partial charge in [-0.25, -0.2) is 13.8 Å². The quantitative estimate of drug-likeness (QED) is 0.923. The molecule has 1 N–H and O–H groups in total. The van der Waals surface area contributed by atoms with Crippen molar-refractivity contribution in [2.45, 2.75) is 13.5 Å². The van der Waals surface area contributed by atoms with Crippen LogP contribution < -0.4 is 5.32 Å². The number of carbonyl (C=O) groups excluding carboxylic acids is 1. The van der Waals surface area contributed by atoms with E-state index in [1.807, 2.05) is 0 Å². The average Bonchev–Trinajstić information content (AvgIpc) is 2.37. The minimum Gasteiger partial charge on any atom is -0.347 e. The number of carbonyl (C=O) groups is 1. The molecule has 1 amide bonds. The lowest BCUT2D eigenvalue weighted by Crippen LogP contribution is -2.24. The monoisotopic (exact) mass is 262 g/mol. The topological polar surface area (TPSA) is 42.0 Å². The van der Waals surface area contributed by atoms with Crippen LogP contribution >= 0.6 is 0 Å². The summed E-state index contributed by atoms with van der Waals surface area (Å²) in [5.41, 5.74) is 1.21. The maximum Gasteiger partial charge on any atom is 0.270 e. The number of nitrogens with zero attached hydrogens (tertiary/aromatic N) is 1. The fraction of sp³-hybridized carbons (Fsp3) is 0.143. The van der Waals surface area contributed by atoms with Crippen LogP contribution in [0.4, 0.5) is 8.78 Å². The first kappa shape index (κ1) is 13.1. The van der Waals surface area contributed by atoms with E-state index in [1.165, 1.54) is 6.07 Å². The Morgan fingerprint density at radius 3 is 2.74 bits per heavy atom. The van der Waals surface area contributed by atoms with Crippen LogP contribution in [0.2, 0.25) is 0 Å². The van der Waals surface area contributed by atoms with Crippen LogP contribution in [0.3, 0.4) is 0 Å². The van der Waals surface area contributed by atoms with Gasteiger partial charge < -0.3 is 5.32 Å². The van der Waals surface area contributed by atoms with Crippen molar-refractivity contribution in [1.82, 2.24) is 10.3 Å². The van der Waals surface area contributed by atoms with E-state index < -0.39 is 17.5 Å². The minimum absolute atomic E-state index is 0.0133. The molecule has 0 atom stereocenters. The Bertz CT molecular complexity index is 614. The van der Waals surface area contributed by atoms with E-state index in [9.17, 15) is 13.6 Å². The highest BCUT2D eigenvalue weighted by atomic mass is 19.1. The Balaban J connectivity index is 2.04. The third-order valence-corrected chi connectivity index (χ3v) is 2.58. The third-order valence-electron chi connectivity index (χ3n) is 2.58. The van der Waals surface area contributed by atoms with Gasteiger partial charge in [-0.2, -0.15) is 0 Å². The molecule has 0 unspecified atom stereocenters. The standard InChI is InChI=1S/C14H12F2N2O/c1-9-3-2-4-13(18-9)14(19)17-8-10-5-6-11(15)7-12(10)16/h2-7H,8H2,1H3,(H,17,19). The molecule has 0 aliphatic rings. The Hall–Kier alpha value is -2.30. The normalized spacial score (nSPS) is 10.3. The number of benzene rings is 1. The number of aryl methyl sites for hydroxylation is 1. The zero-order chi connectivity index (χ0) is 13.8. The molecular formula is C14H12F2N2O. The van der Waals surface area contributed by atoms with E-state index in [0.29, 0.717) is 0 Å². The highest BCUT2D eigenvalue weighted by Crippen LogP contribution is 2.09. The lowest BCUT2D eigenvalue weighted by molar-refractivity contribution is 0.0945. The number of hydrogen-bond donors (Lipinski definition) is 1. The predicted molar refractivity (Wildman–Crippen MR) is 66.5 cm³/mol. The van der Waals surface area contributed by atoms with Crippen molar-refractivity contribution < 1.29 is 13.6 Å². The first-order chi connectivity index (χ1) is 9.06. The fourth-order valence-electron chi connectivity index (χ4n) is 1.60. The molecule has 5 heteroatoms. The van der Waals surface area contributed by atoms with E-state index in [4.69, 9.17) is 0 Å². The number of hydrogen-bond acceptors (Lipinski definition) is 2. The van der Waals surface area contributed by atoms with Crippen molar-refractivity contribution in [2.24, 2.45) is 0 Å². The molecule has 0 saturated heterocycles. The fourth-order valence-corrected chi connectivity index (χ4v) is 1.60. The van der Waals surface area contributed by atoms with Gasteiger partial charge in [0.05, 0.1) is 0 Å². The van der Waals surface area contributed by atoms with Crippen LogP contribution in [-0.4, -0.2) is 10.9 Å². The average molecular weight is 262 g/mol. The maximum atomic E-state index is 13.4. The van der Waals surface area contributed by atoms with Crippen molar-refractivity contribution in [3.63, 3.8) is 0 Å². The van der Waals surface area contributed by atoms with Gasteiger partial charge in [-0.3, -0.25) is 4.79 Å². The number of halogens is 2. The molecule has 0 fully saturated rings. The van der Waals surface area contributed by atoms with Crippen LogP contribution in [-0.2, 0) is 6.54 Å². The summed E-state index contributed by atoms with van der Waals surface area (Å²) in [5.74, 6) is -1.72. The van der Waals surface area contributed by atoms with Crippen LogP contribution in [0.25, 0.3) is 0 Å². The van der Waals surface area contributed by atoms with E-state index in [0.717, 1.165) is 17.8 Å². The van der Waals surface area contributed by atoms with Crippen molar-refractivity contribution >= 4 is 5.91 Å². The van der Waals surface area contributed by atoms with Gasteiger partial charge >= 0.3 is 0 Å². The van der Waals surface area contributed by atoms with Gasteiger partial charge in [0.25, 0.3) is 5.91 Å². The molecule has 0 aliphatic carbocycles. The largest absolute Gasteiger partial charge is 0.347 e. The second-order valence-electron chi connectivity index (χ2n) is 4.08. The second kappa shape index (κ2) is 5.56. The molecule has 0 spiro atoms. The summed E-state index contributed by atoms with van der Waals surface area (Å²) >= 11 is 0. The van der Waals surface area contributed by atoms with Crippen molar-refractivity contribution in [2.75, 3.05) is 0 Å². The summed E-state index contributed by atoms with van der Waals surface area (Å²) in [7, 11) is 0. The van der Waals surface area contributed by atoms with Crippen LogP contribution in [0, 0.1) is 18.6 Å². The van der Waals surface area contributed by atoms with Gasteiger partial charge in [-0.1, -0.05) is 12.1 Å². The maximum absolute atomic E-state index is 13.4. The Kier molecular flexibility index (Phi) is 3.85. The molecule has 1 heterocycles. The SMILES string of the molecule is Cc1cccc(C(=O)NCc2ccc(F)cc2F)n1. The molecule has 3 nitrogen and oxygen atoms in total. The van der Waals surface area contributed by atoms with Gasteiger partial charge in [0.1, 0.15) is 17.3 Å². The number of amides is 1. The highest BCUT2D eigenvalue weighted by Gasteiger charge is 2.09. The molecule has 19 heavy (non-hydrogen) atoms. The molecular weight excluding hydrogens is 250 g/mol. The first-order valence-electron chi connectivity index (χ1n) is 5.72. The van der Waals surface area contributed by atoms with Crippen LogP contribution in [0.1, 0.15) is 21.7 Å². The zero-order valence-electron chi connectivity index (χ0n) is 10.3. The van der Waals surface area contributed by atoms with E-state index in [-0.39, 0.29) is 17.8 Å². The molecule has 0 radical (unpaired) electrons. The molecule has 98 valence electrons. The number of aromatic nitrogens is 1. The molecule has 2 rings (SSSR count). The number of nitrogens with one attached hydrogen (secondary N) is 1. The molecule has 0 aliphatic heterocycles. The van der Waals surface area contributed by atoms with E-state index >= 15 is 0 Å². The Morgan fingerprint density at radius 2 is 2.05 bits per heavy atom. The molecule has 2 aromatic rings. The van der Waals surface area contributed by atoms with Gasteiger partial charge in [-0.15, -0.1) is 0 Å². The lowest BCUT2D eigenvalue weighted by atomic mass is 10.2. The number of rotatable bonds is 3. The van der Waals surface area contributed by atoms with Crippen LogP contribution in [0.15, 0.2) is 36.4 Å². The lowest BCUT2D eigenvalue weighted by Gasteiger charge is -2.06. The molecule has 1 aromatic heterocycles. The Labute approximate surface area is 109 Å². The number of pyridine rings is 1. The van der Waals surface area contributed by atoms with Gasteiger partial charge in [0.2, 0.25) is 0 Å². The second-order valence-corrected chi connectivity index (χ2v) is 4.08. The van der Waals surface area contributed by atoms with Crippen molar-refractivity contribution in [3.8, 4) is 0 Å². The zero-order valence-corrected chi connectivity index (χ0v) is 10.3. The van der Waals surface area contributed by atoms with Crippen molar-refractivity contribution in [1.29, 1.82) is 0 Å². The van der Waals surface area contributed by atoms with Gasteiger partial charge in [0, 0.05) is 23.9 Å². The van der Waals surface area contributed by atoms with Gasteiger partial charge in [-0.05, 0) is 25.1 Å². The third kappa shape index (κ3) is 3.34. The summed E-state index contributed by atoms with van der Waals surface area (Å²) in [6.45, 7) is 1.76. The highest BCUT2D eigenvalue weighted by molar-refractivity contribution is 5.92. The molecule has 0 saturated carbocycles. The summed E-state index contributed by atoms with van der Waals surface area (Å²) in [4.78, 5) is 15.8. The smallest absolute Gasteiger partial charge is 0.270 e. The van der Waals surface area contributed by atoms with E-state index in [2.05, 4.69) is 10.3 Å². The van der Waals surface area contributed by atoms with Gasteiger partial charge in [0.15, 0.2) is 0 Å². The summed E-state index contributed by atoms with van der Waals surface area (Å²) in [6, 6.07) is 8.30. The summed E-state index contributed by atoms with van der Waals surface area (Å²) in [6.07, 6.45) is 0. The minimum atomic E-state index is -0.683. The first-order valence-corrected chi connectivity index (χ1v) is 5.72. The summed E-state index contributed by atoms with van der Waals surface area (Å²) < 4.78 is 26.1. The predicted octanol–water partition coefficient (Wildman–Crippen LogP) is 2.60.